The first-order valence-electron chi connectivity index (χ1n) is 8.88. The Bertz CT molecular complexity index is 904. The number of likely N-dealkylation sites (tertiary alicyclic amines) is 1. The van der Waals surface area contributed by atoms with E-state index in [0.29, 0.717) is 19.0 Å². The number of carbonyl (C=O) groups is 1. The maximum atomic E-state index is 12.5. The molecule has 0 radical (unpaired) electrons. The highest BCUT2D eigenvalue weighted by Gasteiger charge is 2.31. The summed E-state index contributed by atoms with van der Waals surface area (Å²) in [5, 5.41) is 1.85. The van der Waals surface area contributed by atoms with Crippen LogP contribution >= 0.6 is 12.4 Å². The number of benzene rings is 2. The highest BCUT2D eigenvalue weighted by atomic mass is 35.5. The van der Waals surface area contributed by atoms with Gasteiger partial charge in [-0.25, -0.2) is 13.1 Å². The molecule has 2 unspecified atom stereocenters. The summed E-state index contributed by atoms with van der Waals surface area (Å²) in [6.07, 6.45) is 1.06. The summed E-state index contributed by atoms with van der Waals surface area (Å²) in [7, 11) is -3.64. The summed E-state index contributed by atoms with van der Waals surface area (Å²) in [4.78, 5) is 14.4. The molecule has 1 aliphatic rings. The van der Waals surface area contributed by atoms with E-state index in [-0.39, 0.29) is 42.2 Å². The molecule has 1 aliphatic heterocycles. The molecule has 8 heteroatoms. The molecule has 2 aromatic carbocycles. The Balaban J connectivity index is 0.00000261. The van der Waals surface area contributed by atoms with Crippen molar-refractivity contribution in [2.24, 2.45) is 11.7 Å². The van der Waals surface area contributed by atoms with Crippen LogP contribution in [0, 0.1) is 5.92 Å². The van der Waals surface area contributed by atoms with Crippen LogP contribution in [0.3, 0.4) is 0 Å². The highest BCUT2D eigenvalue weighted by Crippen LogP contribution is 2.23. The van der Waals surface area contributed by atoms with Crippen LogP contribution in [0.25, 0.3) is 10.8 Å². The fraction of sp³-hybridized carbons (Fsp3) is 0.421. The molecular weight excluding hydrogens is 386 g/mol. The second kappa shape index (κ2) is 9.01. The number of sulfonamides is 1. The average Bonchev–Trinajstić information content (AvgIpc) is 3.02. The van der Waals surface area contributed by atoms with Crippen LogP contribution in [0.4, 0.5) is 0 Å². The first-order chi connectivity index (χ1) is 12.4. The van der Waals surface area contributed by atoms with Crippen molar-refractivity contribution in [2.45, 2.75) is 30.7 Å². The third-order valence-electron chi connectivity index (χ3n) is 4.98. The molecule has 0 saturated carbocycles. The Morgan fingerprint density at radius 3 is 2.59 bits per heavy atom. The van der Waals surface area contributed by atoms with E-state index < -0.39 is 10.0 Å². The van der Waals surface area contributed by atoms with Gasteiger partial charge >= 0.3 is 0 Å². The topological polar surface area (TPSA) is 92.5 Å². The van der Waals surface area contributed by atoms with Gasteiger partial charge in [-0.3, -0.25) is 4.79 Å². The number of nitrogens with one attached hydrogen (secondary N) is 1. The first-order valence-corrected chi connectivity index (χ1v) is 10.4. The Kier molecular flexibility index (Phi) is 7.22. The summed E-state index contributed by atoms with van der Waals surface area (Å²) in [6.45, 7) is 3.33. The van der Waals surface area contributed by atoms with Crippen LogP contribution in [0.15, 0.2) is 47.4 Å². The van der Waals surface area contributed by atoms with Crippen LogP contribution in [0.2, 0.25) is 0 Å². The Morgan fingerprint density at radius 2 is 1.93 bits per heavy atom. The van der Waals surface area contributed by atoms with Crippen molar-refractivity contribution < 1.29 is 13.2 Å². The largest absolute Gasteiger partial charge is 0.340 e. The van der Waals surface area contributed by atoms with E-state index >= 15 is 0 Å². The number of hydrogen-bond donors (Lipinski definition) is 2. The molecule has 27 heavy (non-hydrogen) atoms. The molecule has 1 heterocycles. The van der Waals surface area contributed by atoms with E-state index in [9.17, 15) is 13.2 Å². The predicted octanol–water partition coefficient (Wildman–Crippen LogP) is 2.13. The third kappa shape index (κ3) is 4.99. The summed E-state index contributed by atoms with van der Waals surface area (Å²) in [5.74, 6) is 0.304. The average molecular weight is 412 g/mol. The first kappa shape index (κ1) is 21.6. The van der Waals surface area contributed by atoms with Crippen molar-refractivity contribution in [3.8, 4) is 0 Å². The number of halogens is 1. The highest BCUT2D eigenvalue weighted by molar-refractivity contribution is 7.89. The van der Waals surface area contributed by atoms with E-state index in [4.69, 9.17) is 5.73 Å². The molecule has 2 atom stereocenters. The summed E-state index contributed by atoms with van der Waals surface area (Å²) >= 11 is 0. The van der Waals surface area contributed by atoms with E-state index in [1.54, 1.807) is 18.2 Å². The zero-order valence-corrected chi connectivity index (χ0v) is 16.9. The molecule has 0 aliphatic carbocycles. The van der Waals surface area contributed by atoms with E-state index in [1.807, 2.05) is 36.1 Å². The van der Waals surface area contributed by atoms with Gasteiger partial charge < -0.3 is 10.6 Å². The van der Waals surface area contributed by atoms with Crippen molar-refractivity contribution in [1.82, 2.24) is 9.62 Å². The smallest absolute Gasteiger partial charge is 0.240 e. The zero-order valence-electron chi connectivity index (χ0n) is 15.3. The number of amides is 1. The molecule has 6 nitrogen and oxygen atoms in total. The van der Waals surface area contributed by atoms with Gasteiger partial charge in [-0.1, -0.05) is 30.3 Å². The number of carbonyl (C=O) groups excluding carboxylic acids is 1. The molecule has 0 bridgehead atoms. The van der Waals surface area contributed by atoms with Crippen molar-refractivity contribution in [3.05, 3.63) is 42.5 Å². The lowest BCUT2D eigenvalue weighted by atomic mass is 10.1. The minimum absolute atomic E-state index is 0. The quantitative estimate of drug-likeness (QED) is 0.761. The van der Waals surface area contributed by atoms with Crippen molar-refractivity contribution >= 4 is 39.1 Å². The molecule has 1 saturated heterocycles. The van der Waals surface area contributed by atoms with Gasteiger partial charge in [0.25, 0.3) is 0 Å². The minimum Gasteiger partial charge on any atom is -0.340 e. The van der Waals surface area contributed by atoms with E-state index in [2.05, 4.69) is 4.72 Å². The summed E-state index contributed by atoms with van der Waals surface area (Å²) in [6, 6.07) is 12.8. The number of hydrogen-bond acceptors (Lipinski definition) is 4. The summed E-state index contributed by atoms with van der Waals surface area (Å²) in [5.41, 5.74) is 5.69. The van der Waals surface area contributed by atoms with Gasteiger partial charge in [-0.05, 0) is 48.7 Å². The van der Waals surface area contributed by atoms with Crippen LogP contribution in [0.5, 0.6) is 0 Å². The van der Waals surface area contributed by atoms with Crippen molar-refractivity contribution in [2.75, 3.05) is 19.6 Å². The molecule has 2 aromatic rings. The third-order valence-corrected chi connectivity index (χ3v) is 6.44. The van der Waals surface area contributed by atoms with Crippen LogP contribution in [0.1, 0.15) is 19.8 Å². The molecule has 1 fully saturated rings. The SMILES string of the molecule is CC1CC(CN)CN1C(=O)CCNS(=O)(=O)c1ccc2ccccc2c1.Cl. The van der Waals surface area contributed by atoms with Gasteiger partial charge in [0.1, 0.15) is 0 Å². The maximum Gasteiger partial charge on any atom is 0.240 e. The minimum atomic E-state index is -3.64. The number of nitrogens with zero attached hydrogens (tertiary/aromatic N) is 1. The lowest BCUT2D eigenvalue weighted by Crippen LogP contribution is -2.37. The molecule has 148 valence electrons. The predicted molar refractivity (Wildman–Crippen MR) is 109 cm³/mol. The normalized spacial score (nSPS) is 19.9. The second-order valence-corrected chi connectivity index (χ2v) is 8.66. The van der Waals surface area contributed by atoms with Crippen LogP contribution < -0.4 is 10.5 Å². The molecule has 1 amide bonds. The number of nitrogens with two attached hydrogens (primary N) is 1. The standard InChI is InChI=1S/C19H25N3O3S.ClH/c1-14-10-15(12-20)13-22(14)19(23)8-9-21-26(24,25)18-7-6-16-4-2-3-5-17(16)11-18;/h2-7,11,14-15,21H,8-10,12-13,20H2,1H3;1H. The van der Waals surface area contributed by atoms with Crippen molar-refractivity contribution in [1.29, 1.82) is 0 Å². The van der Waals surface area contributed by atoms with E-state index in [0.717, 1.165) is 17.2 Å². The molecule has 3 N–H and O–H groups in total. The molecular formula is C19H26ClN3O3S. The number of fused-ring (bicyclic) bond motifs is 1. The lowest BCUT2D eigenvalue weighted by Gasteiger charge is -2.21. The molecule has 3 rings (SSSR count). The van der Waals surface area contributed by atoms with E-state index in [1.165, 1.54) is 0 Å². The molecule has 0 spiro atoms. The fourth-order valence-electron chi connectivity index (χ4n) is 3.51. The van der Waals surface area contributed by atoms with Gasteiger partial charge in [0.2, 0.25) is 15.9 Å². The van der Waals surface area contributed by atoms with Gasteiger partial charge in [0.15, 0.2) is 0 Å². The maximum absolute atomic E-state index is 12.5. The molecule has 0 aromatic heterocycles. The monoisotopic (exact) mass is 411 g/mol. The van der Waals surface area contributed by atoms with Gasteiger partial charge in [0.05, 0.1) is 4.90 Å². The van der Waals surface area contributed by atoms with Crippen LogP contribution in [-0.4, -0.2) is 44.9 Å². The lowest BCUT2D eigenvalue weighted by molar-refractivity contribution is -0.131. The van der Waals surface area contributed by atoms with Gasteiger partial charge in [0, 0.05) is 25.6 Å². The van der Waals surface area contributed by atoms with Crippen LogP contribution in [-0.2, 0) is 14.8 Å². The fourth-order valence-corrected chi connectivity index (χ4v) is 4.58. The van der Waals surface area contributed by atoms with Gasteiger partial charge in [-0.2, -0.15) is 0 Å². The Hall–Kier alpha value is -1.67. The second-order valence-electron chi connectivity index (χ2n) is 6.89. The summed E-state index contributed by atoms with van der Waals surface area (Å²) < 4.78 is 27.5. The Labute approximate surface area is 166 Å². The van der Waals surface area contributed by atoms with Crippen molar-refractivity contribution in [3.63, 3.8) is 0 Å². The number of rotatable bonds is 6. The Morgan fingerprint density at radius 1 is 1.22 bits per heavy atom. The zero-order chi connectivity index (χ0) is 18.7. The van der Waals surface area contributed by atoms with Gasteiger partial charge in [-0.15, -0.1) is 12.4 Å².